The summed E-state index contributed by atoms with van der Waals surface area (Å²) in [6.07, 6.45) is 4.42. The summed E-state index contributed by atoms with van der Waals surface area (Å²) in [5, 5.41) is 16.8. The van der Waals surface area contributed by atoms with Crippen LogP contribution < -0.4 is 10.6 Å². The topological polar surface area (TPSA) is 112 Å². The first kappa shape index (κ1) is 21.4. The van der Waals surface area contributed by atoms with E-state index in [9.17, 15) is 9.90 Å². The van der Waals surface area contributed by atoms with Gasteiger partial charge in [-0.25, -0.2) is 9.97 Å². The third-order valence-corrected chi connectivity index (χ3v) is 5.82. The number of ether oxygens (including phenoxy) is 1. The van der Waals surface area contributed by atoms with Crippen molar-refractivity contribution in [2.75, 3.05) is 11.9 Å². The molecule has 1 saturated heterocycles. The number of hydrogen-bond acceptors (Lipinski definition) is 7. The van der Waals surface area contributed by atoms with Gasteiger partial charge in [-0.15, -0.1) is 0 Å². The van der Waals surface area contributed by atoms with E-state index in [1.54, 1.807) is 13.1 Å². The molecule has 0 spiro atoms. The van der Waals surface area contributed by atoms with Crippen molar-refractivity contribution in [3.63, 3.8) is 0 Å². The molecule has 164 valence electrons. The third kappa shape index (κ3) is 4.61. The average Bonchev–Trinajstić information content (AvgIpc) is 3.19. The Kier molecular flexibility index (Phi) is 6.31. The van der Waals surface area contributed by atoms with Crippen LogP contribution in [0.15, 0.2) is 36.8 Å². The van der Waals surface area contributed by atoms with Crippen LogP contribution in [-0.2, 0) is 4.74 Å². The van der Waals surface area contributed by atoms with E-state index in [0.717, 1.165) is 18.4 Å². The number of carbonyl (C=O) groups is 1. The van der Waals surface area contributed by atoms with E-state index < -0.39 is 6.23 Å². The van der Waals surface area contributed by atoms with E-state index in [1.807, 2.05) is 38.1 Å². The molecule has 4 N–H and O–H groups in total. The molecule has 1 aromatic carbocycles. The molecule has 1 fully saturated rings. The highest BCUT2D eigenvalue weighted by Gasteiger charge is 2.28. The first-order valence-electron chi connectivity index (χ1n) is 10.7. The summed E-state index contributed by atoms with van der Waals surface area (Å²) in [7, 11) is 0. The Balaban J connectivity index is 1.53. The molecule has 0 aliphatic carbocycles. The Bertz CT molecular complexity index is 1060. The molecule has 3 heterocycles. The maximum absolute atomic E-state index is 13.2. The molecule has 1 aliphatic rings. The molecular weight excluding hydrogens is 394 g/mol. The Labute approximate surface area is 181 Å². The Morgan fingerprint density at radius 3 is 2.74 bits per heavy atom. The standard InChI is InChI=1S/C23H29N5O3/c1-13-6-4-5-7-17(13)21(30)18-10-24-22-20(18)23(26-12-25-22)28-16-8-9-19(31-11-16)14(2)27-15(3)29/h4-7,10,12,14-16,19,27,29H,8-9,11H2,1-3H3,(H2,24,25,26,28)/t14-,15?,16+,19-/m0/s1. The van der Waals surface area contributed by atoms with Crippen LogP contribution in [0.4, 0.5) is 5.82 Å². The van der Waals surface area contributed by atoms with Crippen molar-refractivity contribution in [3.05, 3.63) is 53.5 Å². The van der Waals surface area contributed by atoms with Gasteiger partial charge in [-0.1, -0.05) is 24.3 Å². The Morgan fingerprint density at radius 2 is 2.03 bits per heavy atom. The lowest BCUT2D eigenvalue weighted by molar-refractivity contribution is -0.0209. The van der Waals surface area contributed by atoms with Crippen molar-refractivity contribution in [1.29, 1.82) is 0 Å². The van der Waals surface area contributed by atoms with Gasteiger partial charge < -0.3 is 20.1 Å². The van der Waals surface area contributed by atoms with E-state index in [0.29, 0.717) is 34.6 Å². The van der Waals surface area contributed by atoms with Crippen molar-refractivity contribution in [3.8, 4) is 0 Å². The molecule has 0 radical (unpaired) electrons. The summed E-state index contributed by atoms with van der Waals surface area (Å²) in [4.78, 5) is 25.1. The van der Waals surface area contributed by atoms with Gasteiger partial charge in [0.25, 0.3) is 0 Å². The van der Waals surface area contributed by atoms with Crippen LogP contribution in [0.5, 0.6) is 0 Å². The number of aliphatic hydroxyl groups is 1. The number of aryl methyl sites for hydroxylation is 1. The molecule has 0 bridgehead atoms. The van der Waals surface area contributed by atoms with Gasteiger partial charge in [0.05, 0.1) is 29.7 Å². The van der Waals surface area contributed by atoms with Gasteiger partial charge in [-0.05, 0) is 39.2 Å². The third-order valence-electron chi connectivity index (χ3n) is 5.82. The second-order valence-corrected chi connectivity index (χ2v) is 8.21. The number of aromatic nitrogens is 3. The van der Waals surface area contributed by atoms with Crippen LogP contribution in [0.3, 0.4) is 0 Å². The monoisotopic (exact) mass is 423 g/mol. The molecule has 4 atom stereocenters. The maximum atomic E-state index is 13.2. The Hall–Kier alpha value is -2.81. The molecule has 1 unspecified atom stereocenters. The molecular formula is C23H29N5O3. The molecule has 8 nitrogen and oxygen atoms in total. The van der Waals surface area contributed by atoms with E-state index in [-0.39, 0.29) is 24.0 Å². The van der Waals surface area contributed by atoms with Crippen molar-refractivity contribution in [2.24, 2.45) is 0 Å². The number of aromatic amines is 1. The smallest absolute Gasteiger partial charge is 0.195 e. The zero-order chi connectivity index (χ0) is 22.0. The lowest BCUT2D eigenvalue weighted by Crippen LogP contribution is -2.47. The number of aliphatic hydroxyl groups excluding tert-OH is 1. The highest BCUT2D eigenvalue weighted by atomic mass is 16.5. The molecule has 0 amide bonds. The zero-order valence-corrected chi connectivity index (χ0v) is 18.1. The second kappa shape index (κ2) is 9.13. The number of nitrogens with one attached hydrogen (secondary N) is 3. The summed E-state index contributed by atoms with van der Waals surface area (Å²) >= 11 is 0. The summed E-state index contributed by atoms with van der Waals surface area (Å²) in [6.45, 7) is 6.17. The maximum Gasteiger partial charge on any atom is 0.195 e. The van der Waals surface area contributed by atoms with Crippen LogP contribution in [0, 0.1) is 6.92 Å². The molecule has 8 heteroatoms. The number of nitrogens with zero attached hydrogens (tertiary/aromatic N) is 2. The highest BCUT2D eigenvalue weighted by molar-refractivity contribution is 6.18. The summed E-state index contributed by atoms with van der Waals surface area (Å²) < 4.78 is 6.03. The minimum atomic E-state index is -0.568. The fraction of sp³-hybridized carbons (Fsp3) is 0.435. The van der Waals surface area contributed by atoms with E-state index >= 15 is 0 Å². The average molecular weight is 424 g/mol. The van der Waals surface area contributed by atoms with Gasteiger partial charge >= 0.3 is 0 Å². The number of carbonyl (C=O) groups excluding carboxylic acids is 1. The van der Waals surface area contributed by atoms with Gasteiger partial charge in [0.15, 0.2) is 5.78 Å². The fourth-order valence-electron chi connectivity index (χ4n) is 4.19. The van der Waals surface area contributed by atoms with Crippen molar-refractivity contribution >= 4 is 22.6 Å². The van der Waals surface area contributed by atoms with Crippen LogP contribution in [0.2, 0.25) is 0 Å². The fourth-order valence-corrected chi connectivity index (χ4v) is 4.19. The molecule has 1 aliphatic heterocycles. The van der Waals surface area contributed by atoms with E-state index in [1.165, 1.54) is 6.33 Å². The lowest BCUT2D eigenvalue weighted by atomic mass is 9.98. The normalized spacial score (nSPS) is 21.0. The van der Waals surface area contributed by atoms with Crippen LogP contribution in [0.1, 0.15) is 48.2 Å². The minimum absolute atomic E-state index is 0.0449. The number of ketones is 1. The predicted octanol–water partition coefficient (Wildman–Crippen LogP) is 2.77. The van der Waals surface area contributed by atoms with Gasteiger partial charge in [0.1, 0.15) is 24.0 Å². The number of H-pyrrole nitrogens is 1. The molecule has 2 aromatic heterocycles. The number of hydrogen-bond donors (Lipinski definition) is 4. The number of fused-ring (bicyclic) bond motifs is 1. The first-order chi connectivity index (χ1) is 14.9. The molecule has 31 heavy (non-hydrogen) atoms. The number of rotatable bonds is 7. The van der Waals surface area contributed by atoms with Gasteiger partial charge in [0.2, 0.25) is 0 Å². The van der Waals surface area contributed by atoms with Crippen molar-refractivity contribution in [1.82, 2.24) is 20.3 Å². The van der Waals surface area contributed by atoms with E-state index in [4.69, 9.17) is 4.74 Å². The summed E-state index contributed by atoms with van der Waals surface area (Å²) in [6, 6.07) is 7.70. The second-order valence-electron chi connectivity index (χ2n) is 8.21. The molecule has 0 saturated carbocycles. The van der Waals surface area contributed by atoms with Crippen LogP contribution in [0.25, 0.3) is 11.0 Å². The van der Waals surface area contributed by atoms with Crippen molar-refractivity contribution in [2.45, 2.75) is 58.0 Å². The quantitative estimate of drug-likeness (QED) is 0.341. The molecule has 4 rings (SSSR count). The zero-order valence-electron chi connectivity index (χ0n) is 18.1. The van der Waals surface area contributed by atoms with Crippen LogP contribution >= 0.6 is 0 Å². The van der Waals surface area contributed by atoms with Gasteiger partial charge in [0, 0.05) is 17.8 Å². The number of benzene rings is 1. The SMILES string of the molecule is Cc1ccccc1C(=O)c1c[nH]c2ncnc(N[C@@H]3CC[C@@H]([C@H](C)NC(C)O)OC3)c12. The highest BCUT2D eigenvalue weighted by Crippen LogP contribution is 2.28. The summed E-state index contributed by atoms with van der Waals surface area (Å²) in [5.41, 5.74) is 2.78. The van der Waals surface area contributed by atoms with E-state index in [2.05, 4.69) is 25.6 Å². The van der Waals surface area contributed by atoms with Crippen molar-refractivity contribution < 1.29 is 14.6 Å². The lowest BCUT2D eigenvalue weighted by Gasteiger charge is -2.34. The predicted molar refractivity (Wildman–Crippen MR) is 119 cm³/mol. The van der Waals surface area contributed by atoms with Gasteiger partial charge in [-0.2, -0.15) is 0 Å². The van der Waals surface area contributed by atoms with Gasteiger partial charge in [-0.3, -0.25) is 10.1 Å². The minimum Gasteiger partial charge on any atom is -0.379 e. The largest absolute Gasteiger partial charge is 0.379 e. The Morgan fingerprint density at radius 1 is 1.23 bits per heavy atom. The first-order valence-corrected chi connectivity index (χ1v) is 10.7. The molecule has 3 aromatic rings. The summed E-state index contributed by atoms with van der Waals surface area (Å²) in [5.74, 6) is 0.575. The number of anilines is 1. The van der Waals surface area contributed by atoms with Crippen LogP contribution in [-0.4, -0.2) is 56.9 Å².